The Balaban J connectivity index is 1.89. The van der Waals surface area contributed by atoms with Gasteiger partial charge in [-0.05, 0) is 71.2 Å². The molecule has 1 aliphatic rings. The number of hydrogen-bond donors (Lipinski definition) is 1. The Bertz CT molecular complexity index is 1080. The molecule has 0 radical (unpaired) electrons. The summed E-state index contributed by atoms with van der Waals surface area (Å²) in [4.78, 5) is 3.35. The lowest BCUT2D eigenvalue weighted by Gasteiger charge is -2.13. The monoisotopic (exact) mass is 327 g/mol. The van der Waals surface area contributed by atoms with Crippen LogP contribution in [0.3, 0.4) is 0 Å². The highest BCUT2D eigenvalue weighted by atomic mass is 19.1. The average molecular weight is 327 g/mol. The van der Waals surface area contributed by atoms with Crippen molar-refractivity contribution in [3.8, 4) is 0 Å². The Morgan fingerprint density at radius 1 is 0.960 bits per heavy atom. The van der Waals surface area contributed by atoms with Crippen LogP contribution >= 0.6 is 0 Å². The van der Waals surface area contributed by atoms with Crippen LogP contribution in [0.5, 0.6) is 0 Å². The van der Waals surface area contributed by atoms with E-state index >= 15 is 0 Å². The van der Waals surface area contributed by atoms with Crippen molar-refractivity contribution in [2.75, 3.05) is 0 Å². The molecule has 25 heavy (non-hydrogen) atoms. The maximum atomic E-state index is 13.8. The predicted octanol–water partition coefficient (Wildman–Crippen LogP) is 6.21. The van der Waals surface area contributed by atoms with E-state index < -0.39 is 0 Å². The molecule has 0 unspecified atom stereocenters. The fourth-order valence-electron chi connectivity index (χ4n) is 3.26. The Morgan fingerprint density at radius 3 is 2.64 bits per heavy atom. The van der Waals surface area contributed by atoms with E-state index in [1.807, 2.05) is 24.3 Å². The molecule has 1 aliphatic carbocycles. The number of H-pyrrole nitrogens is 1. The summed E-state index contributed by atoms with van der Waals surface area (Å²) in [5.41, 5.74) is 7.12. The normalized spacial score (nSPS) is 14.4. The summed E-state index contributed by atoms with van der Waals surface area (Å²) in [6.07, 6.45) is 8.03. The molecule has 2 heteroatoms. The Hall–Kier alpha value is -3.13. The van der Waals surface area contributed by atoms with Gasteiger partial charge in [0.2, 0.25) is 0 Å². The highest BCUT2D eigenvalue weighted by molar-refractivity contribution is 6.07. The van der Waals surface area contributed by atoms with Gasteiger partial charge in [-0.3, -0.25) is 0 Å². The molecule has 122 valence electrons. The van der Waals surface area contributed by atoms with Gasteiger partial charge in [0, 0.05) is 16.6 Å². The van der Waals surface area contributed by atoms with Crippen LogP contribution in [0.25, 0.3) is 22.0 Å². The highest BCUT2D eigenvalue weighted by Crippen LogP contribution is 2.35. The number of nitrogens with one attached hydrogen (secondary N) is 1. The molecule has 1 nitrogen and oxygen atoms in total. The SMILES string of the molecule is C=C1C=CC=C(c2ccc3[nH]c(C)cc3c2)C(c2cccc(F)c2)=C1. The first kappa shape index (κ1) is 15.4. The van der Waals surface area contributed by atoms with E-state index in [0.717, 1.165) is 39.1 Å². The van der Waals surface area contributed by atoms with Crippen LogP contribution < -0.4 is 0 Å². The third kappa shape index (κ3) is 2.99. The fourth-order valence-corrected chi connectivity index (χ4v) is 3.26. The highest BCUT2D eigenvalue weighted by Gasteiger charge is 2.13. The molecule has 0 amide bonds. The zero-order valence-corrected chi connectivity index (χ0v) is 14.0. The molecule has 0 saturated heterocycles. The molecule has 1 N–H and O–H groups in total. The Kier molecular flexibility index (Phi) is 3.73. The topological polar surface area (TPSA) is 15.8 Å². The second-order valence-electron chi connectivity index (χ2n) is 6.34. The van der Waals surface area contributed by atoms with Gasteiger partial charge in [0.25, 0.3) is 0 Å². The number of hydrogen-bond acceptors (Lipinski definition) is 0. The maximum Gasteiger partial charge on any atom is 0.123 e. The van der Waals surface area contributed by atoms with Crippen molar-refractivity contribution in [3.05, 3.63) is 108 Å². The molecular formula is C23H18FN. The van der Waals surface area contributed by atoms with E-state index in [9.17, 15) is 4.39 Å². The number of fused-ring (bicyclic) bond motifs is 1. The molecular weight excluding hydrogens is 309 g/mol. The molecule has 0 aliphatic heterocycles. The third-order valence-corrected chi connectivity index (χ3v) is 4.40. The molecule has 0 atom stereocenters. The lowest BCUT2D eigenvalue weighted by molar-refractivity contribution is 0.627. The molecule has 2 aromatic carbocycles. The number of halogens is 1. The first-order chi connectivity index (χ1) is 12.1. The van der Waals surface area contributed by atoms with Crippen molar-refractivity contribution < 1.29 is 4.39 Å². The van der Waals surface area contributed by atoms with Gasteiger partial charge < -0.3 is 4.98 Å². The Morgan fingerprint density at radius 2 is 1.80 bits per heavy atom. The quantitative estimate of drug-likeness (QED) is 0.576. The van der Waals surface area contributed by atoms with E-state index in [1.165, 1.54) is 11.5 Å². The number of aryl methyl sites for hydroxylation is 1. The van der Waals surface area contributed by atoms with E-state index in [4.69, 9.17) is 0 Å². The number of allylic oxidation sites excluding steroid dienone is 7. The molecule has 4 rings (SSSR count). The first-order valence-corrected chi connectivity index (χ1v) is 8.25. The van der Waals surface area contributed by atoms with Gasteiger partial charge in [0.1, 0.15) is 5.82 Å². The number of rotatable bonds is 2. The first-order valence-electron chi connectivity index (χ1n) is 8.25. The van der Waals surface area contributed by atoms with Gasteiger partial charge in [0.05, 0.1) is 0 Å². The van der Waals surface area contributed by atoms with Crippen molar-refractivity contribution in [2.24, 2.45) is 0 Å². The van der Waals surface area contributed by atoms with Crippen LogP contribution in [-0.4, -0.2) is 4.98 Å². The van der Waals surface area contributed by atoms with E-state index in [-0.39, 0.29) is 5.82 Å². The van der Waals surface area contributed by atoms with Crippen LogP contribution in [0.4, 0.5) is 4.39 Å². The van der Waals surface area contributed by atoms with Gasteiger partial charge in [0.15, 0.2) is 0 Å². The standard InChI is InChI=1S/C23H18FN/c1-15-5-3-8-21(22(11-15)17-6-4-7-20(24)14-17)18-9-10-23-19(13-18)12-16(2)25-23/h3-14,25H,1H2,2H3. The van der Waals surface area contributed by atoms with Gasteiger partial charge in [-0.1, -0.05) is 43.0 Å². The summed E-state index contributed by atoms with van der Waals surface area (Å²) in [5.74, 6) is -0.239. The van der Waals surface area contributed by atoms with Gasteiger partial charge in [-0.2, -0.15) is 0 Å². The molecule has 1 heterocycles. The number of aromatic nitrogens is 1. The third-order valence-electron chi connectivity index (χ3n) is 4.40. The molecule has 0 fully saturated rings. The predicted molar refractivity (Wildman–Crippen MR) is 104 cm³/mol. The summed E-state index contributed by atoms with van der Waals surface area (Å²) < 4.78 is 13.8. The minimum Gasteiger partial charge on any atom is -0.359 e. The summed E-state index contributed by atoms with van der Waals surface area (Å²) in [6, 6.07) is 15.2. The van der Waals surface area contributed by atoms with Crippen molar-refractivity contribution >= 4 is 22.0 Å². The van der Waals surface area contributed by atoms with Crippen molar-refractivity contribution in [3.63, 3.8) is 0 Å². The van der Waals surface area contributed by atoms with Crippen LogP contribution in [0.2, 0.25) is 0 Å². The minimum absolute atomic E-state index is 0.239. The lowest BCUT2D eigenvalue weighted by atomic mass is 9.91. The van der Waals surface area contributed by atoms with E-state index in [1.54, 1.807) is 12.1 Å². The number of aromatic amines is 1. The van der Waals surface area contributed by atoms with Crippen LogP contribution in [0.1, 0.15) is 16.8 Å². The lowest BCUT2D eigenvalue weighted by Crippen LogP contribution is -1.92. The van der Waals surface area contributed by atoms with Crippen LogP contribution in [-0.2, 0) is 0 Å². The van der Waals surface area contributed by atoms with E-state index in [2.05, 4.69) is 48.8 Å². The van der Waals surface area contributed by atoms with Crippen molar-refractivity contribution in [1.29, 1.82) is 0 Å². The molecule has 0 spiro atoms. The van der Waals surface area contributed by atoms with Gasteiger partial charge in [-0.15, -0.1) is 0 Å². The second kappa shape index (κ2) is 6.06. The zero-order chi connectivity index (χ0) is 17.4. The molecule has 3 aromatic rings. The Labute approximate surface area is 146 Å². The smallest absolute Gasteiger partial charge is 0.123 e. The van der Waals surface area contributed by atoms with Gasteiger partial charge >= 0.3 is 0 Å². The average Bonchev–Trinajstić information content (AvgIpc) is 2.84. The zero-order valence-electron chi connectivity index (χ0n) is 14.0. The molecule has 0 bridgehead atoms. The minimum atomic E-state index is -0.239. The second-order valence-corrected chi connectivity index (χ2v) is 6.34. The van der Waals surface area contributed by atoms with Crippen LogP contribution in [0, 0.1) is 12.7 Å². The summed E-state index contributed by atoms with van der Waals surface area (Å²) in [6.45, 7) is 6.11. The van der Waals surface area contributed by atoms with Gasteiger partial charge in [-0.25, -0.2) is 4.39 Å². The molecule has 1 aromatic heterocycles. The summed E-state index contributed by atoms with van der Waals surface area (Å²) in [7, 11) is 0. The van der Waals surface area contributed by atoms with Crippen molar-refractivity contribution in [1.82, 2.24) is 4.98 Å². The summed E-state index contributed by atoms with van der Waals surface area (Å²) in [5, 5.41) is 1.17. The largest absolute Gasteiger partial charge is 0.359 e. The molecule has 0 saturated carbocycles. The van der Waals surface area contributed by atoms with Crippen LogP contribution in [0.15, 0.2) is 85.0 Å². The fraction of sp³-hybridized carbons (Fsp3) is 0.0435. The van der Waals surface area contributed by atoms with E-state index in [0.29, 0.717) is 0 Å². The number of benzene rings is 2. The van der Waals surface area contributed by atoms with Crippen molar-refractivity contribution in [2.45, 2.75) is 6.92 Å². The maximum absolute atomic E-state index is 13.8. The summed E-state index contributed by atoms with van der Waals surface area (Å²) >= 11 is 0.